The number of rotatable bonds is 6. The highest BCUT2D eigenvalue weighted by molar-refractivity contribution is 7.46. The minimum absolute atomic E-state index is 0.151. The van der Waals surface area contributed by atoms with Crippen LogP contribution in [0.25, 0.3) is 0 Å². The predicted molar refractivity (Wildman–Crippen MR) is 106 cm³/mol. The quantitative estimate of drug-likeness (QED) is 0.373. The molecule has 0 aromatic carbocycles. The molecule has 0 heterocycles. The number of aliphatic hydroxyl groups excluding tert-OH is 1. The van der Waals surface area contributed by atoms with Gasteiger partial charge in [-0.2, -0.15) is 0 Å². The van der Waals surface area contributed by atoms with Gasteiger partial charge in [-0.15, -0.1) is 0 Å². The Kier molecular flexibility index (Phi) is 6.37. The van der Waals surface area contributed by atoms with Gasteiger partial charge in [0.2, 0.25) is 0 Å². The standard InChI is InChI=1S/C20H34FO7P/c1-7-8-17(4,5)19(21)13(3)14-9-12(2)20(24,18(14,6)10-15(19)22)16(23)11-28-29(25,26)27/h7-8,12-15,22,24H,9-11H2,1-6H3,(H2,25,26,27). The van der Waals surface area contributed by atoms with E-state index >= 15 is 4.39 Å². The lowest BCUT2D eigenvalue weighted by Crippen LogP contribution is -2.66. The maximum absolute atomic E-state index is 16.4. The largest absolute Gasteiger partial charge is 0.470 e. The van der Waals surface area contributed by atoms with Gasteiger partial charge in [-0.1, -0.05) is 46.8 Å². The number of ketones is 1. The molecule has 7 unspecified atom stereocenters. The van der Waals surface area contributed by atoms with Crippen LogP contribution in [0.1, 0.15) is 54.4 Å². The van der Waals surface area contributed by atoms with E-state index in [1.165, 1.54) is 0 Å². The molecule has 0 amide bonds. The highest BCUT2D eigenvalue weighted by Gasteiger charge is 2.72. The fraction of sp³-hybridized carbons (Fsp3) is 0.850. The zero-order valence-corrected chi connectivity index (χ0v) is 18.8. The number of halogens is 1. The number of hydrogen-bond donors (Lipinski definition) is 4. The van der Waals surface area contributed by atoms with Crippen LogP contribution in [-0.2, 0) is 13.9 Å². The van der Waals surface area contributed by atoms with Gasteiger partial charge in [0.1, 0.15) is 17.9 Å². The van der Waals surface area contributed by atoms with Crippen LogP contribution in [-0.4, -0.2) is 49.8 Å². The van der Waals surface area contributed by atoms with Crippen LogP contribution in [0.3, 0.4) is 0 Å². The number of Topliss-reactive ketones (excluding diaryl/α,β-unsaturated/α-hetero) is 1. The second-order valence-electron chi connectivity index (χ2n) is 9.61. The fourth-order valence-corrected chi connectivity index (χ4v) is 6.56. The zero-order valence-electron chi connectivity index (χ0n) is 17.9. The number of carbonyl (C=O) groups is 1. The van der Waals surface area contributed by atoms with Crippen molar-refractivity contribution in [2.24, 2.45) is 28.6 Å². The molecule has 0 aromatic rings. The highest BCUT2D eigenvalue weighted by Crippen LogP contribution is 2.66. The van der Waals surface area contributed by atoms with Gasteiger partial charge >= 0.3 is 7.82 Å². The first kappa shape index (κ1) is 24.6. The van der Waals surface area contributed by atoms with E-state index in [4.69, 9.17) is 9.79 Å². The number of aliphatic hydroxyl groups is 2. The van der Waals surface area contributed by atoms with E-state index in [2.05, 4.69) is 4.52 Å². The summed E-state index contributed by atoms with van der Waals surface area (Å²) in [5.41, 5.74) is -6.10. The molecule has 168 valence electrons. The average Bonchev–Trinajstić information content (AvgIpc) is 2.78. The number of carbonyl (C=O) groups excluding carboxylic acids is 1. The summed E-state index contributed by atoms with van der Waals surface area (Å²) in [5, 5.41) is 22.4. The Hall–Kier alpha value is -0.630. The van der Waals surface area contributed by atoms with E-state index in [0.29, 0.717) is 6.42 Å². The number of fused-ring (bicyclic) bond motifs is 1. The third-order valence-electron chi connectivity index (χ3n) is 7.74. The van der Waals surface area contributed by atoms with Crippen LogP contribution in [0.2, 0.25) is 0 Å². The third-order valence-corrected chi connectivity index (χ3v) is 8.20. The lowest BCUT2D eigenvalue weighted by Gasteiger charge is -2.58. The number of alkyl halides is 1. The molecular formula is C20H34FO7P. The van der Waals surface area contributed by atoms with Crippen molar-refractivity contribution >= 4 is 13.6 Å². The van der Waals surface area contributed by atoms with Crippen molar-refractivity contribution in [3.8, 4) is 0 Å². The van der Waals surface area contributed by atoms with E-state index in [-0.39, 0.29) is 6.42 Å². The van der Waals surface area contributed by atoms with Crippen molar-refractivity contribution in [3.05, 3.63) is 12.2 Å². The molecular weight excluding hydrogens is 402 g/mol. The molecule has 2 aliphatic rings. The number of hydrogen-bond acceptors (Lipinski definition) is 5. The van der Waals surface area contributed by atoms with Gasteiger partial charge in [0.25, 0.3) is 0 Å². The Morgan fingerprint density at radius 3 is 2.38 bits per heavy atom. The SMILES string of the molecule is CC=CC(C)(C)C1(F)C(O)CC2(C)C(CC(C)C2(O)C(=O)COP(=O)(O)O)C1C. The van der Waals surface area contributed by atoms with Gasteiger partial charge in [0.15, 0.2) is 5.78 Å². The molecule has 7 atom stereocenters. The molecule has 29 heavy (non-hydrogen) atoms. The van der Waals surface area contributed by atoms with Gasteiger partial charge in [0, 0.05) is 10.8 Å². The van der Waals surface area contributed by atoms with E-state index < -0.39 is 66.2 Å². The topological polar surface area (TPSA) is 124 Å². The molecule has 9 heteroatoms. The number of phosphoric acid groups is 1. The van der Waals surface area contributed by atoms with Gasteiger partial charge in [-0.3, -0.25) is 9.32 Å². The van der Waals surface area contributed by atoms with Crippen molar-refractivity contribution in [1.82, 2.24) is 0 Å². The molecule has 0 bridgehead atoms. The van der Waals surface area contributed by atoms with Crippen molar-refractivity contribution < 1.29 is 38.3 Å². The van der Waals surface area contributed by atoms with Crippen molar-refractivity contribution in [3.63, 3.8) is 0 Å². The van der Waals surface area contributed by atoms with E-state index in [1.807, 2.05) is 0 Å². The van der Waals surface area contributed by atoms with E-state index in [9.17, 15) is 19.6 Å². The molecule has 2 fully saturated rings. The first-order valence-corrected chi connectivity index (χ1v) is 11.5. The second kappa shape index (κ2) is 7.50. The van der Waals surface area contributed by atoms with Crippen LogP contribution in [0.15, 0.2) is 12.2 Å². The Bertz CT molecular complexity index is 734. The summed E-state index contributed by atoms with van der Waals surface area (Å²) >= 11 is 0. The lowest BCUT2D eigenvalue weighted by molar-refractivity contribution is -0.211. The Morgan fingerprint density at radius 2 is 1.90 bits per heavy atom. The molecule has 7 nitrogen and oxygen atoms in total. The van der Waals surface area contributed by atoms with Gasteiger partial charge in [0.05, 0.1) is 6.10 Å². The van der Waals surface area contributed by atoms with Crippen LogP contribution < -0.4 is 0 Å². The highest BCUT2D eigenvalue weighted by atomic mass is 31.2. The maximum atomic E-state index is 16.4. The minimum atomic E-state index is -4.89. The monoisotopic (exact) mass is 436 g/mol. The van der Waals surface area contributed by atoms with E-state index in [0.717, 1.165) is 0 Å². The maximum Gasteiger partial charge on any atom is 0.470 e. The summed E-state index contributed by atoms with van der Waals surface area (Å²) in [6.45, 7) is 9.28. The molecule has 0 spiro atoms. The van der Waals surface area contributed by atoms with Crippen LogP contribution in [0.5, 0.6) is 0 Å². The Morgan fingerprint density at radius 1 is 1.34 bits per heavy atom. The number of phosphoric ester groups is 1. The fourth-order valence-electron chi connectivity index (χ4n) is 6.27. The lowest BCUT2D eigenvalue weighted by atomic mass is 9.50. The summed E-state index contributed by atoms with van der Waals surface area (Å²) in [6, 6.07) is 0. The van der Waals surface area contributed by atoms with Crippen LogP contribution >= 0.6 is 7.82 Å². The van der Waals surface area contributed by atoms with Crippen molar-refractivity contribution in [2.45, 2.75) is 71.8 Å². The Balaban J connectivity index is 2.47. The minimum Gasteiger partial charge on any atom is -0.390 e. The average molecular weight is 436 g/mol. The van der Waals surface area contributed by atoms with Crippen molar-refractivity contribution in [2.75, 3.05) is 6.61 Å². The normalized spacial score (nSPS) is 43.6. The molecule has 2 rings (SSSR count). The first-order chi connectivity index (χ1) is 13.0. The summed E-state index contributed by atoms with van der Waals surface area (Å²) in [7, 11) is -4.89. The molecule has 0 aliphatic heterocycles. The first-order valence-electron chi connectivity index (χ1n) is 9.95. The molecule has 0 saturated heterocycles. The summed E-state index contributed by atoms with van der Waals surface area (Å²) in [5.74, 6) is -2.54. The van der Waals surface area contributed by atoms with Crippen LogP contribution in [0, 0.1) is 28.6 Å². The summed E-state index contributed by atoms with van der Waals surface area (Å²) in [4.78, 5) is 30.7. The molecule has 2 saturated carbocycles. The van der Waals surface area contributed by atoms with Crippen LogP contribution in [0.4, 0.5) is 4.39 Å². The van der Waals surface area contributed by atoms with E-state index in [1.54, 1.807) is 53.7 Å². The second-order valence-corrected chi connectivity index (χ2v) is 10.9. The summed E-state index contributed by atoms with van der Waals surface area (Å²) < 4.78 is 31.8. The zero-order chi connectivity index (χ0) is 22.6. The van der Waals surface area contributed by atoms with Gasteiger partial charge in [-0.25, -0.2) is 8.96 Å². The number of allylic oxidation sites excluding steroid dienone is 2. The summed E-state index contributed by atoms with van der Waals surface area (Å²) in [6.07, 6.45) is 2.23. The van der Waals surface area contributed by atoms with Crippen molar-refractivity contribution in [1.29, 1.82) is 0 Å². The third kappa shape index (κ3) is 3.56. The Labute approximate surface area is 171 Å². The predicted octanol–water partition coefficient (Wildman–Crippen LogP) is 2.77. The molecule has 2 aliphatic carbocycles. The smallest absolute Gasteiger partial charge is 0.390 e. The van der Waals surface area contributed by atoms with Gasteiger partial charge < -0.3 is 20.0 Å². The molecule has 0 radical (unpaired) electrons. The molecule has 0 aromatic heterocycles. The van der Waals surface area contributed by atoms with Gasteiger partial charge in [-0.05, 0) is 37.5 Å². The molecule has 4 N–H and O–H groups in total.